The number of likely N-dealkylation sites (N-methyl/N-ethyl adjacent to an activating group) is 1. The molecule has 0 fully saturated rings. The zero-order chi connectivity index (χ0) is 19.3. The third-order valence-corrected chi connectivity index (χ3v) is 4.26. The van der Waals surface area contributed by atoms with Crippen molar-refractivity contribution in [1.29, 1.82) is 0 Å². The van der Waals surface area contributed by atoms with Gasteiger partial charge in [-0.15, -0.1) is 0 Å². The smallest absolute Gasteiger partial charge is 0.269 e. The highest BCUT2D eigenvalue weighted by Crippen LogP contribution is 2.22. The minimum atomic E-state index is -0.822. The maximum Gasteiger partial charge on any atom is 0.269 e. The van der Waals surface area contributed by atoms with Crippen molar-refractivity contribution in [3.63, 3.8) is 0 Å². The maximum absolute atomic E-state index is 12.6. The minimum absolute atomic E-state index is 0.0481. The van der Waals surface area contributed by atoms with E-state index in [2.05, 4.69) is 0 Å². The van der Waals surface area contributed by atoms with Gasteiger partial charge in [0.1, 0.15) is 5.75 Å². The number of nitrogens with zero attached hydrogens (tertiary/aromatic N) is 2. The number of nitro groups is 1. The number of carbonyl (C=O) groups excluding carboxylic acids is 1. The van der Waals surface area contributed by atoms with Gasteiger partial charge in [0.05, 0.1) is 17.1 Å². The molecule has 3 unspecified atom stereocenters. The van der Waals surface area contributed by atoms with Gasteiger partial charge in [-0.25, -0.2) is 0 Å². The summed E-state index contributed by atoms with van der Waals surface area (Å²) in [6.45, 7) is 3.36. The van der Waals surface area contributed by atoms with E-state index in [9.17, 15) is 20.0 Å². The van der Waals surface area contributed by atoms with Gasteiger partial charge < -0.3 is 14.7 Å². The van der Waals surface area contributed by atoms with Crippen LogP contribution in [-0.2, 0) is 4.79 Å². The first kappa shape index (κ1) is 19.4. The van der Waals surface area contributed by atoms with Crippen LogP contribution in [0.5, 0.6) is 5.75 Å². The molecule has 0 aromatic heterocycles. The van der Waals surface area contributed by atoms with Gasteiger partial charge in [-0.2, -0.15) is 0 Å². The first-order chi connectivity index (χ1) is 12.3. The second-order valence-corrected chi connectivity index (χ2v) is 6.06. The van der Waals surface area contributed by atoms with Crippen LogP contribution in [0.3, 0.4) is 0 Å². The summed E-state index contributed by atoms with van der Waals surface area (Å²) in [6.07, 6.45) is -1.62. The molecule has 0 bridgehead atoms. The molecule has 0 saturated heterocycles. The third-order valence-electron chi connectivity index (χ3n) is 4.26. The first-order valence-electron chi connectivity index (χ1n) is 8.22. The molecule has 0 aliphatic rings. The summed E-state index contributed by atoms with van der Waals surface area (Å²) in [5, 5.41) is 21.1. The number of aliphatic hydroxyl groups is 1. The lowest BCUT2D eigenvalue weighted by molar-refractivity contribution is -0.384. The van der Waals surface area contributed by atoms with E-state index in [4.69, 9.17) is 4.74 Å². The van der Waals surface area contributed by atoms with Crippen LogP contribution in [0, 0.1) is 10.1 Å². The zero-order valence-electron chi connectivity index (χ0n) is 14.9. The molecular formula is C19H22N2O5. The molecule has 1 amide bonds. The quantitative estimate of drug-likeness (QED) is 0.607. The third kappa shape index (κ3) is 4.58. The second-order valence-electron chi connectivity index (χ2n) is 6.06. The van der Waals surface area contributed by atoms with Gasteiger partial charge in [-0.05, 0) is 31.5 Å². The van der Waals surface area contributed by atoms with Crippen LogP contribution in [0.25, 0.3) is 0 Å². The van der Waals surface area contributed by atoms with Crippen molar-refractivity contribution in [2.75, 3.05) is 7.05 Å². The molecule has 1 N–H and O–H groups in total. The summed E-state index contributed by atoms with van der Waals surface area (Å²) in [5.41, 5.74) is 0.677. The number of carbonyl (C=O) groups is 1. The largest absolute Gasteiger partial charge is 0.481 e. The molecule has 26 heavy (non-hydrogen) atoms. The summed E-state index contributed by atoms with van der Waals surface area (Å²) in [5.74, 6) is 0.0620. The van der Waals surface area contributed by atoms with Crippen molar-refractivity contribution in [2.24, 2.45) is 0 Å². The Labute approximate surface area is 152 Å². The molecule has 0 saturated carbocycles. The Morgan fingerprint density at radius 3 is 2.23 bits per heavy atom. The van der Waals surface area contributed by atoms with Crippen LogP contribution in [-0.4, -0.2) is 40.0 Å². The Kier molecular flexibility index (Phi) is 6.30. The number of non-ortho nitro benzene ring substituents is 1. The van der Waals surface area contributed by atoms with Gasteiger partial charge in [0.2, 0.25) is 0 Å². The minimum Gasteiger partial charge on any atom is -0.481 e. The average Bonchev–Trinajstić information content (AvgIpc) is 2.66. The molecule has 3 atom stereocenters. The maximum atomic E-state index is 12.6. The highest BCUT2D eigenvalue weighted by molar-refractivity contribution is 5.81. The Hall–Kier alpha value is -2.93. The number of benzene rings is 2. The predicted octanol–water partition coefficient (Wildman–Crippen LogP) is 2.94. The molecule has 7 nitrogen and oxygen atoms in total. The van der Waals surface area contributed by atoms with E-state index in [0.29, 0.717) is 5.75 Å². The van der Waals surface area contributed by atoms with Crippen molar-refractivity contribution in [2.45, 2.75) is 32.1 Å². The van der Waals surface area contributed by atoms with Gasteiger partial charge in [-0.3, -0.25) is 14.9 Å². The van der Waals surface area contributed by atoms with E-state index in [0.717, 1.165) is 5.56 Å². The average molecular weight is 358 g/mol. The molecule has 0 radical (unpaired) electrons. The molecular weight excluding hydrogens is 336 g/mol. The predicted molar refractivity (Wildman–Crippen MR) is 96.8 cm³/mol. The highest BCUT2D eigenvalue weighted by atomic mass is 16.6. The van der Waals surface area contributed by atoms with E-state index in [1.807, 2.05) is 18.2 Å². The Balaban J connectivity index is 2.01. The second kappa shape index (κ2) is 8.44. The van der Waals surface area contributed by atoms with E-state index < -0.39 is 23.2 Å². The fourth-order valence-electron chi connectivity index (χ4n) is 2.53. The van der Waals surface area contributed by atoms with Crippen molar-refractivity contribution in [3.05, 3.63) is 70.3 Å². The molecule has 0 heterocycles. The van der Waals surface area contributed by atoms with Gasteiger partial charge in [0, 0.05) is 19.2 Å². The fourth-order valence-corrected chi connectivity index (χ4v) is 2.53. The van der Waals surface area contributed by atoms with Crippen LogP contribution >= 0.6 is 0 Å². The lowest BCUT2D eigenvalue weighted by Crippen LogP contribution is -2.45. The normalized spacial score (nSPS) is 14.2. The van der Waals surface area contributed by atoms with Crippen molar-refractivity contribution in [3.8, 4) is 5.75 Å². The number of ether oxygens (including phenoxy) is 1. The standard InChI is InChI=1S/C19H22N2O5/c1-13(18(22)15-7-5-4-6-8-15)20(3)19(23)14(2)26-17-11-9-16(10-12-17)21(24)25/h4-14,18,22H,1-3H3. The summed E-state index contributed by atoms with van der Waals surface area (Å²) in [7, 11) is 1.61. The zero-order valence-corrected chi connectivity index (χ0v) is 14.9. The lowest BCUT2D eigenvalue weighted by Gasteiger charge is -2.31. The van der Waals surface area contributed by atoms with Crippen molar-refractivity contribution >= 4 is 11.6 Å². The van der Waals surface area contributed by atoms with Crippen molar-refractivity contribution < 1.29 is 19.6 Å². The topological polar surface area (TPSA) is 92.9 Å². The van der Waals surface area contributed by atoms with Gasteiger partial charge in [0.25, 0.3) is 11.6 Å². The monoisotopic (exact) mass is 358 g/mol. The van der Waals surface area contributed by atoms with Crippen LogP contribution in [0.4, 0.5) is 5.69 Å². The number of amides is 1. The molecule has 0 aliphatic carbocycles. The number of aliphatic hydroxyl groups excluding tert-OH is 1. The van der Waals surface area contributed by atoms with E-state index in [1.165, 1.54) is 29.2 Å². The Morgan fingerprint density at radius 1 is 1.12 bits per heavy atom. The van der Waals surface area contributed by atoms with Crippen LogP contribution in [0.2, 0.25) is 0 Å². The van der Waals surface area contributed by atoms with E-state index >= 15 is 0 Å². The van der Waals surface area contributed by atoms with Gasteiger partial charge >= 0.3 is 0 Å². The van der Waals surface area contributed by atoms with Crippen LogP contribution in [0.15, 0.2) is 54.6 Å². The molecule has 7 heteroatoms. The molecule has 0 spiro atoms. The number of rotatable bonds is 7. The summed E-state index contributed by atoms with van der Waals surface area (Å²) < 4.78 is 5.57. The number of hydrogen-bond donors (Lipinski definition) is 1. The summed E-state index contributed by atoms with van der Waals surface area (Å²) in [4.78, 5) is 24.2. The molecule has 2 rings (SSSR count). The highest BCUT2D eigenvalue weighted by Gasteiger charge is 2.28. The van der Waals surface area contributed by atoms with Gasteiger partial charge in [-0.1, -0.05) is 30.3 Å². The Bertz CT molecular complexity index is 748. The lowest BCUT2D eigenvalue weighted by atomic mass is 10.0. The fraction of sp³-hybridized carbons (Fsp3) is 0.316. The van der Waals surface area contributed by atoms with Crippen LogP contribution in [0.1, 0.15) is 25.5 Å². The summed E-state index contributed by atoms with van der Waals surface area (Å²) >= 11 is 0. The molecule has 0 aliphatic heterocycles. The molecule has 138 valence electrons. The van der Waals surface area contributed by atoms with Gasteiger partial charge in [0.15, 0.2) is 6.10 Å². The number of nitro benzene ring substituents is 1. The van der Waals surface area contributed by atoms with Crippen molar-refractivity contribution in [1.82, 2.24) is 4.90 Å². The molecule has 2 aromatic carbocycles. The molecule has 2 aromatic rings. The van der Waals surface area contributed by atoms with Crippen LogP contribution < -0.4 is 4.74 Å². The van der Waals surface area contributed by atoms with E-state index in [1.54, 1.807) is 33.0 Å². The Morgan fingerprint density at radius 2 is 1.69 bits per heavy atom. The van der Waals surface area contributed by atoms with E-state index in [-0.39, 0.29) is 11.6 Å². The summed E-state index contributed by atoms with van der Waals surface area (Å²) in [6, 6.07) is 14.2. The SMILES string of the molecule is CC(Oc1ccc([N+](=O)[O-])cc1)C(=O)N(C)C(C)C(O)c1ccccc1. The number of hydrogen-bond acceptors (Lipinski definition) is 5. The first-order valence-corrected chi connectivity index (χ1v) is 8.22.